The van der Waals surface area contributed by atoms with Gasteiger partial charge in [0, 0.05) is 34.8 Å². The number of halogens is 1. The zero-order valence-corrected chi connectivity index (χ0v) is 12.4. The van der Waals surface area contributed by atoms with E-state index in [0.717, 1.165) is 31.6 Å². The number of benzene rings is 1. The number of nitrogens with zero attached hydrogens (tertiary/aromatic N) is 1. The summed E-state index contributed by atoms with van der Waals surface area (Å²) in [6, 6.07) is 8.29. The van der Waals surface area contributed by atoms with E-state index in [-0.39, 0.29) is 5.91 Å². The van der Waals surface area contributed by atoms with E-state index in [1.54, 1.807) is 0 Å². The summed E-state index contributed by atoms with van der Waals surface area (Å²) in [5.74, 6) is 0.858. The molecule has 2 heterocycles. The Morgan fingerprint density at radius 3 is 2.83 bits per heavy atom. The fraction of sp³-hybridized carbons (Fsp3) is 0.500. The first kappa shape index (κ1) is 12.4. The monoisotopic (exact) mass is 356 g/mol. The molecule has 1 N–H and O–H groups in total. The fourth-order valence-electron chi connectivity index (χ4n) is 3.08. The summed E-state index contributed by atoms with van der Waals surface area (Å²) < 4.78 is 1.17. The lowest BCUT2D eigenvalue weighted by Crippen LogP contribution is -2.48. The smallest absolute Gasteiger partial charge is 0.254 e. The van der Waals surface area contributed by atoms with Crippen LogP contribution in [-0.2, 0) is 0 Å². The van der Waals surface area contributed by atoms with Crippen LogP contribution in [0.3, 0.4) is 0 Å². The van der Waals surface area contributed by atoms with Gasteiger partial charge in [0.15, 0.2) is 0 Å². The average molecular weight is 356 g/mol. The minimum Gasteiger partial charge on any atom is -0.334 e. The summed E-state index contributed by atoms with van der Waals surface area (Å²) in [6.07, 6.45) is 2.40. The first-order valence-corrected chi connectivity index (χ1v) is 7.61. The van der Waals surface area contributed by atoms with Crippen molar-refractivity contribution >= 4 is 28.5 Å². The van der Waals surface area contributed by atoms with Gasteiger partial charge in [-0.15, -0.1) is 0 Å². The number of nitrogens with one attached hydrogen (secondary N) is 1. The average Bonchev–Trinajstić information content (AvgIpc) is 2.87. The predicted molar refractivity (Wildman–Crippen MR) is 79.6 cm³/mol. The lowest BCUT2D eigenvalue weighted by Gasteiger charge is -2.37. The van der Waals surface area contributed by atoms with Crippen LogP contribution in [-0.4, -0.2) is 36.5 Å². The first-order chi connectivity index (χ1) is 8.75. The molecule has 2 saturated heterocycles. The van der Waals surface area contributed by atoms with E-state index >= 15 is 0 Å². The molecule has 3 rings (SSSR count). The molecule has 1 aromatic rings. The lowest BCUT2D eigenvalue weighted by atomic mass is 9.91. The van der Waals surface area contributed by atoms with Crippen LogP contribution < -0.4 is 5.32 Å². The topological polar surface area (TPSA) is 32.3 Å². The summed E-state index contributed by atoms with van der Waals surface area (Å²) in [5, 5.41) is 3.41. The highest BCUT2D eigenvalue weighted by Gasteiger charge is 2.37. The second-order valence-electron chi connectivity index (χ2n) is 5.13. The van der Waals surface area contributed by atoms with Gasteiger partial charge in [0.1, 0.15) is 0 Å². The molecule has 0 aliphatic carbocycles. The molecule has 2 aliphatic heterocycles. The van der Waals surface area contributed by atoms with Gasteiger partial charge in [-0.05, 0) is 65.6 Å². The van der Waals surface area contributed by atoms with Crippen molar-refractivity contribution in [2.45, 2.75) is 18.9 Å². The van der Waals surface area contributed by atoms with Crippen LogP contribution in [0.4, 0.5) is 0 Å². The quantitative estimate of drug-likeness (QED) is 0.782. The largest absolute Gasteiger partial charge is 0.334 e. The number of amides is 1. The molecule has 2 atom stereocenters. The second-order valence-corrected chi connectivity index (χ2v) is 6.38. The number of fused-ring (bicyclic) bond motifs is 1. The van der Waals surface area contributed by atoms with Crippen LogP contribution in [0.5, 0.6) is 0 Å². The van der Waals surface area contributed by atoms with Gasteiger partial charge < -0.3 is 10.2 Å². The van der Waals surface area contributed by atoms with Crippen molar-refractivity contribution in [3.05, 3.63) is 33.4 Å². The highest BCUT2D eigenvalue weighted by atomic mass is 127. The summed E-state index contributed by atoms with van der Waals surface area (Å²) in [5.41, 5.74) is 0.822. The molecule has 2 unspecified atom stereocenters. The molecule has 0 radical (unpaired) electrons. The van der Waals surface area contributed by atoms with Crippen molar-refractivity contribution in [1.29, 1.82) is 0 Å². The van der Waals surface area contributed by atoms with Crippen LogP contribution in [0.2, 0.25) is 0 Å². The number of likely N-dealkylation sites (tertiary alicyclic amines) is 1. The third kappa shape index (κ3) is 2.28. The van der Waals surface area contributed by atoms with E-state index in [1.807, 2.05) is 24.3 Å². The Balaban J connectivity index is 1.81. The number of hydrogen-bond donors (Lipinski definition) is 1. The van der Waals surface area contributed by atoms with Crippen molar-refractivity contribution in [2.24, 2.45) is 5.92 Å². The Morgan fingerprint density at radius 1 is 1.28 bits per heavy atom. The molecule has 1 aromatic carbocycles. The Labute approximate surface area is 121 Å². The van der Waals surface area contributed by atoms with Crippen molar-refractivity contribution in [2.75, 3.05) is 19.6 Å². The van der Waals surface area contributed by atoms with Crippen molar-refractivity contribution < 1.29 is 4.79 Å². The third-order valence-corrected chi connectivity index (χ3v) is 4.75. The lowest BCUT2D eigenvalue weighted by molar-refractivity contribution is 0.0575. The van der Waals surface area contributed by atoms with Crippen LogP contribution in [0.1, 0.15) is 23.2 Å². The molecule has 2 aliphatic rings. The van der Waals surface area contributed by atoms with Gasteiger partial charge in [0.25, 0.3) is 5.91 Å². The molecule has 0 saturated carbocycles. The van der Waals surface area contributed by atoms with Crippen molar-refractivity contribution in [3.63, 3.8) is 0 Å². The standard InChI is InChI=1S/C14H17IN2O/c15-12-5-3-10(4-6-12)14(18)17-7-1-2-11-8-16-9-13(11)17/h3-6,11,13,16H,1-2,7-9H2. The molecule has 1 amide bonds. The number of carbonyl (C=O) groups is 1. The normalized spacial score (nSPS) is 27.1. The van der Waals surface area contributed by atoms with Gasteiger partial charge in [0.2, 0.25) is 0 Å². The molecule has 3 nitrogen and oxygen atoms in total. The number of rotatable bonds is 1. The molecule has 2 fully saturated rings. The Hall–Kier alpha value is -0.620. The van der Waals surface area contributed by atoms with Crippen LogP contribution >= 0.6 is 22.6 Å². The van der Waals surface area contributed by atoms with E-state index in [1.165, 1.54) is 9.99 Å². The number of carbonyl (C=O) groups excluding carboxylic acids is 1. The number of piperidine rings is 1. The van der Waals surface area contributed by atoms with Gasteiger partial charge in [-0.2, -0.15) is 0 Å². The molecular formula is C14H17IN2O. The van der Waals surface area contributed by atoms with E-state index < -0.39 is 0 Å². The fourth-order valence-corrected chi connectivity index (χ4v) is 3.44. The molecule has 0 spiro atoms. The molecule has 18 heavy (non-hydrogen) atoms. The molecule has 96 valence electrons. The highest BCUT2D eigenvalue weighted by molar-refractivity contribution is 14.1. The van der Waals surface area contributed by atoms with E-state index in [4.69, 9.17) is 0 Å². The van der Waals surface area contributed by atoms with Gasteiger partial charge in [0.05, 0.1) is 0 Å². The third-order valence-electron chi connectivity index (χ3n) is 4.03. The van der Waals surface area contributed by atoms with E-state index in [0.29, 0.717) is 12.0 Å². The molecule has 0 aromatic heterocycles. The van der Waals surface area contributed by atoms with Crippen molar-refractivity contribution in [3.8, 4) is 0 Å². The van der Waals surface area contributed by atoms with Crippen LogP contribution in [0, 0.1) is 9.49 Å². The minimum absolute atomic E-state index is 0.199. The van der Waals surface area contributed by atoms with Gasteiger partial charge in [-0.1, -0.05) is 0 Å². The zero-order chi connectivity index (χ0) is 12.5. The van der Waals surface area contributed by atoms with E-state index in [9.17, 15) is 4.79 Å². The van der Waals surface area contributed by atoms with Gasteiger partial charge in [-0.3, -0.25) is 4.79 Å². The maximum absolute atomic E-state index is 12.5. The molecule has 0 bridgehead atoms. The SMILES string of the molecule is O=C(c1ccc(I)cc1)N1CCCC2CNCC21. The first-order valence-electron chi connectivity index (χ1n) is 6.53. The summed E-state index contributed by atoms with van der Waals surface area (Å²) in [7, 11) is 0. The minimum atomic E-state index is 0.199. The Bertz CT molecular complexity index is 446. The highest BCUT2D eigenvalue weighted by Crippen LogP contribution is 2.27. The Kier molecular flexibility index (Phi) is 3.56. The van der Waals surface area contributed by atoms with Gasteiger partial charge in [-0.25, -0.2) is 0 Å². The maximum atomic E-state index is 12.5. The van der Waals surface area contributed by atoms with Crippen molar-refractivity contribution in [1.82, 2.24) is 10.2 Å². The summed E-state index contributed by atoms with van der Waals surface area (Å²) in [6.45, 7) is 2.94. The summed E-state index contributed by atoms with van der Waals surface area (Å²) >= 11 is 2.26. The predicted octanol–water partition coefficient (Wildman–Crippen LogP) is 2.12. The van der Waals surface area contributed by atoms with E-state index in [2.05, 4.69) is 32.8 Å². The second kappa shape index (κ2) is 5.17. The van der Waals surface area contributed by atoms with Crippen LogP contribution in [0.25, 0.3) is 0 Å². The van der Waals surface area contributed by atoms with Crippen LogP contribution in [0.15, 0.2) is 24.3 Å². The molecule has 4 heteroatoms. The Morgan fingerprint density at radius 2 is 2.06 bits per heavy atom. The summed E-state index contributed by atoms with van der Waals surface area (Å²) in [4.78, 5) is 14.6. The number of hydrogen-bond acceptors (Lipinski definition) is 2. The maximum Gasteiger partial charge on any atom is 0.254 e. The zero-order valence-electron chi connectivity index (χ0n) is 10.2. The van der Waals surface area contributed by atoms with Gasteiger partial charge >= 0.3 is 0 Å². The molecular weight excluding hydrogens is 339 g/mol.